The number of alkyl carbamates (subject to hydrolysis) is 1. The Bertz CT molecular complexity index is 1290. The van der Waals surface area contributed by atoms with Crippen LogP contribution in [0.25, 0.3) is 11.1 Å². The van der Waals surface area contributed by atoms with Crippen LogP contribution < -0.4 is 21.3 Å². The van der Waals surface area contributed by atoms with E-state index in [0.29, 0.717) is 29.7 Å². The molecule has 4 N–H and O–H groups in total. The number of halogens is 1. The maximum Gasteiger partial charge on any atom is 0.414 e. The van der Waals surface area contributed by atoms with Crippen molar-refractivity contribution in [3.63, 3.8) is 0 Å². The minimum absolute atomic E-state index is 0.0490. The van der Waals surface area contributed by atoms with Crippen molar-refractivity contribution in [1.29, 1.82) is 0 Å². The fraction of sp³-hybridized carbons (Fsp3) is 0.429. The van der Waals surface area contributed by atoms with Gasteiger partial charge in [-0.15, -0.1) is 0 Å². The number of hydrogen-bond acceptors (Lipinski definition) is 7. The highest BCUT2D eigenvalue weighted by atomic mass is 19.1. The molecule has 11 heteroatoms. The first-order chi connectivity index (χ1) is 18.3. The average molecular weight is 541 g/mol. The molecular formula is C28H33FN4O6. The van der Waals surface area contributed by atoms with Crippen molar-refractivity contribution < 1.29 is 33.0 Å². The van der Waals surface area contributed by atoms with Gasteiger partial charge < -0.3 is 25.8 Å². The highest BCUT2D eigenvalue weighted by molar-refractivity contribution is 5.93. The number of rotatable bonds is 8. The molecule has 3 amide bonds. The van der Waals surface area contributed by atoms with E-state index in [0.717, 1.165) is 5.56 Å². The second-order valence-corrected chi connectivity index (χ2v) is 10.9. The average Bonchev–Trinajstić information content (AvgIpc) is 3.53. The van der Waals surface area contributed by atoms with Crippen molar-refractivity contribution in [1.82, 2.24) is 10.6 Å². The molecule has 1 saturated carbocycles. The molecule has 1 aliphatic heterocycles. The van der Waals surface area contributed by atoms with Gasteiger partial charge in [0.25, 0.3) is 0 Å². The normalized spacial score (nSPS) is 18.7. The van der Waals surface area contributed by atoms with Gasteiger partial charge in [0.2, 0.25) is 5.91 Å². The first-order valence-electron chi connectivity index (χ1n) is 12.7. The third kappa shape index (κ3) is 6.54. The second kappa shape index (κ2) is 10.6. The lowest BCUT2D eigenvalue weighted by Gasteiger charge is -2.23. The molecule has 4 rings (SSSR count). The molecule has 0 radical (unpaired) electrons. The predicted octanol–water partition coefficient (Wildman–Crippen LogP) is 3.41. The Hall–Kier alpha value is -3.99. The highest BCUT2D eigenvalue weighted by Crippen LogP contribution is 2.36. The summed E-state index contributed by atoms with van der Waals surface area (Å²) in [5.41, 5.74) is 6.22. The highest BCUT2D eigenvalue weighted by Gasteiger charge is 2.51. The Morgan fingerprint density at radius 2 is 1.85 bits per heavy atom. The van der Waals surface area contributed by atoms with Gasteiger partial charge in [0, 0.05) is 12.1 Å². The van der Waals surface area contributed by atoms with E-state index in [4.69, 9.17) is 15.2 Å². The Morgan fingerprint density at radius 3 is 2.41 bits per heavy atom. The molecule has 2 aromatic carbocycles. The monoisotopic (exact) mass is 540 g/mol. The number of anilines is 1. The largest absolute Gasteiger partial charge is 0.444 e. The molecule has 2 aromatic rings. The maximum atomic E-state index is 15.0. The zero-order valence-electron chi connectivity index (χ0n) is 22.4. The lowest BCUT2D eigenvalue weighted by atomic mass is 10.0. The molecule has 2 fully saturated rings. The van der Waals surface area contributed by atoms with E-state index in [2.05, 4.69) is 10.6 Å². The van der Waals surface area contributed by atoms with E-state index in [1.54, 1.807) is 57.2 Å². The Kier molecular flexibility index (Phi) is 7.65. The second-order valence-electron chi connectivity index (χ2n) is 10.9. The van der Waals surface area contributed by atoms with E-state index in [-0.39, 0.29) is 24.8 Å². The molecule has 208 valence electrons. The van der Waals surface area contributed by atoms with Crippen LogP contribution in [0, 0.1) is 5.82 Å². The number of cyclic esters (lactones) is 1. The molecule has 1 saturated heterocycles. The fourth-order valence-electron chi connectivity index (χ4n) is 4.24. The van der Waals surface area contributed by atoms with Crippen LogP contribution in [0.2, 0.25) is 0 Å². The van der Waals surface area contributed by atoms with E-state index in [1.165, 1.54) is 17.9 Å². The number of ether oxygens (including phenoxy) is 2. The van der Waals surface area contributed by atoms with Crippen LogP contribution in [0.3, 0.4) is 0 Å². The Balaban J connectivity index is 1.35. The Morgan fingerprint density at radius 1 is 1.18 bits per heavy atom. The minimum atomic E-state index is -0.952. The van der Waals surface area contributed by atoms with Crippen LogP contribution in [0.4, 0.5) is 19.7 Å². The molecule has 39 heavy (non-hydrogen) atoms. The van der Waals surface area contributed by atoms with Crippen LogP contribution in [0.1, 0.15) is 46.1 Å². The number of amides is 3. The van der Waals surface area contributed by atoms with Gasteiger partial charge in [-0.25, -0.2) is 14.0 Å². The smallest absolute Gasteiger partial charge is 0.414 e. The predicted molar refractivity (Wildman–Crippen MR) is 141 cm³/mol. The summed E-state index contributed by atoms with van der Waals surface area (Å²) >= 11 is 0. The summed E-state index contributed by atoms with van der Waals surface area (Å²) in [7, 11) is 0. The number of hydrogen-bond donors (Lipinski definition) is 3. The summed E-state index contributed by atoms with van der Waals surface area (Å²) in [6.07, 6.45) is -1.05. The molecular weight excluding hydrogens is 507 g/mol. The van der Waals surface area contributed by atoms with Gasteiger partial charge in [0.05, 0.1) is 12.2 Å². The molecule has 1 heterocycles. The molecule has 0 bridgehead atoms. The van der Waals surface area contributed by atoms with Crippen LogP contribution in [0.5, 0.6) is 0 Å². The van der Waals surface area contributed by atoms with Gasteiger partial charge in [-0.05, 0) is 69.9 Å². The summed E-state index contributed by atoms with van der Waals surface area (Å²) in [6, 6.07) is 10.5. The first kappa shape index (κ1) is 28.0. The number of nitrogens with zero attached hydrogens (tertiary/aromatic N) is 1. The molecule has 2 aliphatic rings. The molecule has 0 aromatic heterocycles. The molecule has 2 atom stereocenters. The first-order valence-corrected chi connectivity index (χ1v) is 12.7. The summed E-state index contributed by atoms with van der Waals surface area (Å²) in [4.78, 5) is 49.8. The quantitative estimate of drug-likeness (QED) is 0.466. The van der Waals surface area contributed by atoms with Crippen molar-refractivity contribution in [3.8, 4) is 11.1 Å². The Labute approximate surface area is 226 Å². The van der Waals surface area contributed by atoms with Gasteiger partial charge in [0.1, 0.15) is 34.9 Å². The van der Waals surface area contributed by atoms with Crippen molar-refractivity contribution in [2.75, 3.05) is 11.4 Å². The van der Waals surface area contributed by atoms with Gasteiger partial charge in [-0.1, -0.05) is 24.3 Å². The summed E-state index contributed by atoms with van der Waals surface area (Å²) in [5.74, 6) is -1.13. The van der Waals surface area contributed by atoms with Gasteiger partial charge in [-0.2, -0.15) is 0 Å². The third-order valence-corrected chi connectivity index (χ3v) is 6.61. The van der Waals surface area contributed by atoms with Crippen molar-refractivity contribution in [2.24, 2.45) is 5.73 Å². The zero-order chi connectivity index (χ0) is 28.5. The topological polar surface area (TPSA) is 140 Å². The maximum absolute atomic E-state index is 15.0. The summed E-state index contributed by atoms with van der Waals surface area (Å²) < 4.78 is 25.5. The number of nitrogens with one attached hydrogen (secondary N) is 2. The number of benzene rings is 2. The van der Waals surface area contributed by atoms with Crippen molar-refractivity contribution >= 4 is 29.6 Å². The van der Waals surface area contributed by atoms with E-state index in [1.807, 2.05) is 0 Å². The van der Waals surface area contributed by atoms with Crippen LogP contribution in [-0.4, -0.2) is 53.7 Å². The van der Waals surface area contributed by atoms with Crippen molar-refractivity contribution in [2.45, 2.75) is 70.4 Å². The number of carbonyl (C=O) groups excluding carboxylic acids is 4. The van der Waals surface area contributed by atoms with E-state index in [9.17, 15) is 19.2 Å². The lowest BCUT2D eigenvalue weighted by molar-refractivity contribution is -0.124. The standard InChI is InChI=1S/C28H33FN4O6/c1-16(34)23(30)22-15-33(26(37)38-22)19-9-10-20(21(29)13-19)18-7-5-17(6-8-18)14-31-24(35)28(11-12-28)32-25(36)39-27(2,3)4/h5-10,13,22-23H,11-12,14-15,30H2,1-4H3,(H,31,35)(H,32,36)/t22?,23-/m1/s1. The number of ketones is 1. The van der Waals surface area contributed by atoms with Crippen LogP contribution >= 0.6 is 0 Å². The molecule has 1 aliphatic carbocycles. The summed E-state index contributed by atoms with van der Waals surface area (Å²) in [5, 5.41) is 5.51. The fourth-order valence-corrected chi connectivity index (χ4v) is 4.24. The van der Waals surface area contributed by atoms with Gasteiger partial charge in [-0.3, -0.25) is 14.5 Å². The van der Waals surface area contributed by atoms with Gasteiger partial charge in [0.15, 0.2) is 0 Å². The molecule has 1 unspecified atom stereocenters. The number of Topliss-reactive ketones (excluding diaryl/α,β-unsaturated/α-hetero) is 1. The van der Waals surface area contributed by atoms with Gasteiger partial charge >= 0.3 is 12.2 Å². The SMILES string of the molecule is CC(=O)[C@@H](N)C1CN(c2ccc(-c3ccc(CNC(=O)C4(NC(=O)OC(C)(C)C)CC4)cc3)c(F)c2)C(=O)O1. The number of carbonyl (C=O) groups is 4. The zero-order valence-corrected chi connectivity index (χ0v) is 22.4. The van der Waals surface area contributed by atoms with E-state index >= 15 is 4.39 Å². The van der Waals surface area contributed by atoms with Crippen molar-refractivity contribution in [3.05, 3.63) is 53.8 Å². The molecule has 10 nitrogen and oxygen atoms in total. The van der Waals surface area contributed by atoms with Crippen LogP contribution in [0.15, 0.2) is 42.5 Å². The minimum Gasteiger partial charge on any atom is -0.444 e. The third-order valence-electron chi connectivity index (χ3n) is 6.61. The molecule has 0 spiro atoms. The van der Waals surface area contributed by atoms with E-state index < -0.39 is 41.3 Å². The van der Waals surface area contributed by atoms with Crippen LogP contribution in [-0.2, 0) is 25.6 Å². The lowest BCUT2D eigenvalue weighted by Crippen LogP contribution is -2.50. The number of nitrogens with two attached hydrogens (primary N) is 1. The summed E-state index contributed by atoms with van der Waals surface area (Å²) in [6.45, 7) is 6.86.